The van der Waals surface area contributed by atoms with Crippen LogP contribution >= 0.6 is 0 Å². The second-order valence-electron chi connectivity index (χ2n) is 5.43. The molecule has 16 heavy (non-hydrogen) atoms. The largest absolute Gasteiger partial charge is 0.481 e. The molecule has 0 spiro atoms. The minimum atomic E-state index is -0.859. The Morgan fingerprint density at radius 3 is 1.38 bits per heavy atom. The van der Waals surface area contributed by atoms with E-state index in [0.29, 0.717) is 0 Å². The number of carboxylic acid groups (broad SMARTS) is 1. The van der Waals surface area contributed by atoms with Crippen LogP contribution in [-0.2, 0) is 9.59 Å². The van der Waals surface area contributed by atoms with Crippen LogP contribution in [0.3, 0.4) is 0 Å². The maximum atomic E-state index is 12.1. The molecule has 3 heteroatoms. The number of rotatable bonds is 6. The van der Waals surface area contributed by atoms with Gasteiger partial charge in [-0.1, -0.05) is 41.5 Å². The highest BCUT2D eigenvalue weighted by Crippen LogP contribution is 2.30. The molecule has 0 amide bonds. The van der Waals surface area contributed by atoms with Gasteiger partial charge in [0.15, 0.2) is 0 Å². The Labute approximate surface area is 98.2 Å². The van der Waals surface area contributed by atoms with Crippen molar-refractivity contribution in [3.8, 4) is 0 Å². The van der Waals surface area contributed by atoms with Gasteiger partial charge in [-0.25, -0.2) is 0 Å². The fourth-order valence-electron chi connectivity index (χ4n) is 2.16. The van der Waals surface area contributed by atoms with Gasteiger partial charge in [0.05, 0.1) is 5.92 Å². The monoisotopic (exact) mass is 228 g/mol. The molecule has 0 aliphatic carbocycles. The number of carboxylic acids is 1. The van der Waals surface area contributed by atoms with E-state index in [4.69, 9.17) is 0 Å². The summed E-state index contributed by atoms with van der Waals surface area (Å²) in [4.78, 5) is 23.3. The molecular weight excluding hydrogens is 204 g/mol. The minimum absolute atomic E-state index is 0.0207. The Kier molecular flexibility index (Phi) is 5.70. The van der Waals surface area contributed by atoms with Gasteiger partial charge in [-0.3, -0.25) is 9.59 Å². The van der Waals surface area contributed by atoms with Crippen molar-refractivity contribution in [2.24, 2.45) is 29.6 Å². The molecule has 0 aromatic carbocycles. The summed E-state index contributed by atoms with van der Waals surface area (Å²) in [6.07, 6.45) is 0. The van der Waals surface area contributed by atoms with Crippen molar-refractivity contribution in [1.29, 1.82) is 0 Å². The van der Waals surface area contributed by atoms with E-state index in [2.05, 4.69) is 0 Å². The van der Waals surface area contributed by atoms with Crippen LogP contribution < -0.4 is 0 Å². The van der Waals surface area contributed by atoms with Crippen LogP contribution in [0.5, 0.6) is 0 Å². The summed E-state index contributed by atoms with van der Waals surface area (Å²) in [6, 6.07) is 0. The normalized spacial score (nSPS) is 15.6. The molecule has 0 aromatic heterocycles. The smallest absolute Gasteiger partial charge is 0.307 e. The van der Waals surface area contributed by atoms with Crippen molar-refractivity contribution in [1.82, 2.24) is 0 Å². The predicted molar refractivity (Wildman–Crippen MR) is 64.1 cm³/mol. The molecular formula is C13H24O3. The average molecular weight is 228 g/mol. The van der Waals surface area contributed by atoms with Gasteiger partial charge in [-0.05, 0) is 11.8 Å². The van der Waals surface area contributed by atoms with Crippen molar-refractivity contribution in [3.05, 3.63) is 0 Å². The molecule has 0 saturated heterocycles. The van der Waals surface area contributed by atoms with E-state index in [1.807, 2.05) is 41.5 Å². The first-order chi connectivity index (χ1) is 7.20. The Hall–Kier alpha value is -0.860. The van der Waals surface area contributed by atoms with E-state index >= 15 is 0 Å². The number of hydrogen-bond donors (Lipinski definition) is 1. The van der Waals surface area contributed by atoms with Gasteiger partial charge < -0.3 is 5.11 Å². The van der Waals surface area contributed by atoms with Crippen LogP contribution in [0.4, 0.5) is 0 Å². The molecule has 94 valence electrons. The summed E-state index contributed by atoms with van der Waals surface area (Å²) in [7, 11) is 0. The molecule has 0 radical (unpaired) electrons. The second-order valence-corrected chi connectivity index (χ2v) is 5.43. The molecule has 0 rings (SSSR count). The number of hydrogen-bond acceptors (Lipinski definition) is 2. The summed E-state index contributed by atoms with van der Waals surface area (Å²) >= 11 is 0. The number of ketones is 1. The lowest BCUT2D eigenvalue weighted by atomic mass is 9.72. The van der Waals surface area contributed by atoms with Gasteiger partial charge in [-0.15, -0.1) is 0 Å². The molecule has 0 saturated carbocycles. The highest BCUT2D eigenvalue weighted by Gasteiger charge is 2.38. The molecule has 1 N–H and O–H groups in total. The molecule has 0 heterocycles. The minimum Gasteiger partial charge on any atom is -0.481 e. The first-order valence-electron chi connectivity index (χ1n) is 5.96. The Bertz CT molecular complexity index is 254. The van der Waals surface area contributed by atoms with Crippen molar-refractivity contribution in [2.45, 2.75) is 41.5 Å². The second kappa shape index (κ2) is 6.02. The molecule has 2 atom stereocenters. The maximum Gasteiger partial charge on any atom is 0.307 e. The topological polar surface area (TPSA) is 54.4 Å². The van der Waals surface area contributed by atoms with Crippen LogP contribution in [0.1, 0.15) is 41.5 Å². The lowest BCUT2D eigenvalue weighted by Crippen LogP contribution is -2.38. The third-order valence-corrected chi connectivity index (χ3v) is 3.01. The number of carbonyl (C=O) groups excluding carboxylic acids is 1. The van der Waals surface area contributed by atoms with Gasteiger partial charge in [-0.2, -0.15) is 0 Å². The SMILES string of the molecule is CC(C)C(=O)C(C(C)C)C(C(=O)O)C(C)C. The average Bonchev–Trinajstić information content (AvgIpc) is 2.10. The van der Waals surface area contributed by atoms with E-state index in [1.54, 1.807) is 0 Å². The zero-order chi connectivity index (χ0) is 13.0. The summed E-state index contributed by atoms with van der Waals surface area (Å²) in [5.74, 6) is -1.80. The van der Waals surface area contributed by atoms with Crippen molar-refractivity contribution < 1.29 is 14.7 Å². The summed E-state index contributed by atoms with van der Waals surface area (Å²) in [5, 5.41) is 9.24. The standard InChI is InChI=1S/C13H24O3/c1-7(2)10(12(14)9(5)6)11(8(3)4)13(15)16/h7-11H,1-6H3,(H,15,16). The molecule has 2 unspecified atom stereocenters. The van der Waals surface area contributed by atoms with Gasteiger partial charge in [0.2, 0.25) is 0 Å². The van der Waals surface area contributed by atoms with Gasteiger partial charge in [0.25, 0.3) is 0 Å². The van der Waals surface area contributed by atoms with Crippen LogP contribution in [0.15, 0.2) is 0 Å². The van der Waals surface area contributed by atoms with Crippen LogP contribution in [0.25, 0.3) is 0 Å². The third-order valence-electron chi connectivity index (χ3n) is 3.01. The summed E-state index contributed by atoms with van der Waals surface area (Å²) in [6.45, 7) is 11.2. The van der Waals surface area contributed by atoms with E-state index < -0.39 is 11.9 Å². The van der Waals surface area contributed by atoms with Gasteiger partial charge >= 0.3 is 5.97 Å². The van der Waals surface area contributed by atoms with Crippen LogP contribution in [0, 0.1) is 29.6 Å². The Morgan fingerprint density at radius 1 is 0.812 bits per heavy atom. The summed E-state index contributed by atoms with van der Waals surface area (Å²) in [5.41, 5.74) is 0. The fraction of sp³-hybridized carbons (Fsp3) is 0.846. The lowest BCUT2D eigenvalue weighted by molar-refractivity contribution is -0.150. The zero-order valence-electron chi connectivity index (χ0n) is 11.2. The van der Waals surface area contributed by atoms with Gasteiger partial charge in [0.1, 0.15) is 5.78 Å². The van der Waals surface area contributed by atoms with E-state index in [-0.39, 0.29) is 29.5 Å². The number of aliphatic carboxylic acids is 1. The molecule has 0 aliphatic rings. The molecule has 0 fully saturated rings. The Morgan fingerprint density at radius 2 is 1.19 bits per heavy atom. The highest BCUT2D eigenvalue weighted by atomic mass is 16.4. The van der Waals surface area contributed by atoms with Gasteiger partial charge in [0, 0.05) is 11.8 Å². The predicted octanol–water partition coefficient (Wildman–Crippen LogP) is 2.84. The first kappa shape index (κ1) is 15.1. The number of carbonyl (C=O) groups is 2. The summed E-state index contributed by atoms with van der Waals surface area (Å²) < 4.78 is 0. The number of Topliss-reactive ketones (excluding diaryl/α,β-unsaturated/α-hetero) is 1. The quantitative estimate of drug-likeness (QED) is 0.760. The van der Waals surface area contributed by atoms with Crippen molar-refractivity contribution >= 4 is 11.8 Å². The molecule has 3 nitrogen and oxygen atoms in total. The molecule has 0 aromatic rings. The van der Waals surface area contributed by atoms with Crippen molar-refractivity contribution in [3.63, 3.8) is 0 Å². The first-order valence-corrected chi connectivity index (χ1v) is 5.96. The Balaban J connectivity index is 5.16. The fourth-order valence-corrected chi connectivity index (χ4v) is 2.16. The van der Waals surface area contributed by atoms with E-state index in [1.165, 1.54) is 0 Å². The maximum absolute atomic E-state index is 12.1. The van der Waals surface area contributed by atoms with Crippen molar-refractivity contribution in [2.75, 3.05) is 0 Å². The van der Waals surface area contributed by atoms with E-state index in [9.17, 15) is 14.7 Å². The molecule has 0 bridgehead atoms. The zero-order valence-corrected chi connectivity index (χ0v) is 11.2. The molecule has 0 aliphatic heterocycles. The van der Waals surface area contributed by atoms with Crippen LogP contribution in [-0.4, -0.2) is 16.9 Å². The third kappa shape index (κ3) is 3.62. The lowest BCUT2D eigenvalue weighted by Gasteiger charge is -2.30. The van der Waals surface area contributed by atoms with E-state index in [0.717, 1.165) is 0 Å². The highest BCUT2D eigenvalue weighted by molar-refractivity contribution is 5.87. The van der Waals surface area contributed by atoms with Crippen LogP contribution in [0.2, 0.25) is 0 Å².